The Hall–Kier alpha value is -4.23. The molecule has 0 aliphatic rings. The molecule has 3 amide bonds. The number of aromatic nitrogens is 1. The minimum atomic E-state index is -4.74. The van der Waals surface area contributed by atoms with Crippen LogP contribution in [0.1, 0.15) is 21.6 Å². The lowest BCUT2D eigenvalue weighted by molar-refractivity contribution is -0.137. The average molecular weight is 567 g/mol. The van der Waals surface area contributed by atoms with Crippen LogP contribution in [-0.4, -0.2) is 44.2 Å². The maximum atomic E-state index is 13.4. The number of hydrogen-bond donors (Lipinski definition) is 5. The zero-order chi connectivity index (χ0) is 28.6. The van der Waals surface area contributed by atoms with Crippen molar-refractivity contribution in [1.29, 1.82) is 0 Å². The third kappa shape index (κ3) is 8.12. The van der Waals surface area contributed by atoms with Crippen molar-refractivity contribution in [2.45, 2.75) is 13.1 Å². The maximum absolute atomic E-state index is 13.4. The number of urea groups is 1. The number of amides is 3. The van der Waals surface area contributed by atoms with Crippen LogP contribution in [0.5, 0.6) is 17.2 Å². The van der Waals surface area contributed by atoms with Crippen molar-refractivity contribution in [2.75, 3.05) is 38.0 Å². The van der Waals surface area contributed by atoms with Crippen molar-refractivity contribution in [3.63, 3.8) is 0 Å². The Labute approximate surface area is 227 Å². The molecule has 0 spiro atoms. The van der Waals surface area contributed by atoms with Crippen LogP contribution < -0.4 is 36.3 Å². The summed E-state index contributed by atoms with van der Waals surface area (Å²) in [5.74, 6) is 0.337. The molecule has 1 aromatic heterocycles. The predicted octanol–water partition coefficient (Wildman–Crippen LogP) is 4.96. The van der Waals surface area contributed by atoms with Gasteiger partial charge in [-0.15, -0.1) is 0 Å². The molecule has 0 saturated heterocycles. The van der Waals surface area contributed by atoms with E-state index in [1.165, 1.54) is 19.3 Å². The molecule has 5 N–H and O–H groups in total. The molecule has 2 aromatic carbocycles. The summed E-state index contributed by atoms with van der Waals surface area (Å²) in [4.78, 5) is 28.4. The minimum absolute atomic E-state index is 0.0292. The molecule has 39 heavy (non-hydrogen) atoms. The number of rotatable bonds is 10. The van der Waals surface area contributed by atoms with Crippen molar-refractivity contribution in [3.8, 4) is 17.2 Å². The molecular formula is C25H26ClF3N6O4. The quantitative estimate of drug-likeness (QED) is 0.173. The highest BCUT2D eigenvalue weighted by atomic mass is 35.5. The Kier molecular flexibility index (Phi) is 9.79. The average Bonchev–Trinajstić information content (AvgIpc) is 2.89. The van der Waals surface area contributed by atoms with Gasteiger partial charge >= 0.3 is 12.2 Å². The van der Waals surface area contributed by atoms with E-state index in [0.29, 0.717) is 29.8 Å². The molecule has 0 fully saturated rings. The molecule has 0 saturated carbocycles. The number of hydrogen-bond acceptors (Lipinski definition) is 7. The Morgan fingerprint density at radius 2 is 1.77 bits per heavy atom. The summed E-state index contributed by atoms with van der Waals surface area (Å²) in [5.41, 5.74) is 5.09. The molecular weight excluding hydrogens is 541 g/mol. The molecule has 3 rings (SSSR count). The lowest BCUT2D eigenvalue weighted by atomic mass is 10.1. The molecule has 1 heterocycles. The summed E-state index contributed by atoms with van der Waals surface area (Å²) < 4.78 is 51.4. The number of aryl methyl sites for hydroxylation is 1. The number of benzene rings is 2. The van der Waals surface area contributed by atoms with E-state index < -0.39 is 22.8 Å². The van der Waals surface area contributed by atoms with E-state index in [-0.39, 0.29) is 29.6 Å². The van der Waals surface area contributed by atoms with E-state index in [2.05, 4.69) is 31.8 Å². The van der Waals surface area contributed by atoms with Crippen LogP contribution in [0, 0.1) is 6.92 Å². The molecule has 0 aliphatic carbocycles. The van der Waals surface area contributed by atoms with Gasteiger partial charge in [0, 0.05) is 38.0 Å². The second-order valence-corrected chi connectivity index (χ2v) is 8.42. The Morgan fingerprint density at radius 1 is 1.03 bits per heavy atom. The van der Waals surface area contributed by atoms with Gasteiger partial charge in [0.05, 0.1) is 22.0 Å². The molecule has 208 valence electrons. The number of carbonyl (C=O) groups excluding carboxylic acids is 2. The topological polar surface area (TPSA) is 126 Å². The molecule has 14 heteroatoms. The molecule has 0 radical (unpaired) electrons. The predicted molar refractivity (Wildman–Crippen MR) is 141 cm³/mol. The number of nitrogens with one attached hydrogen (secondary N) is 5. The fraction of sp³-hybridized carbons (Fsp3) is 0.240. The van der Waals surface area contributed by atoms with Crippen LogP contribution >= 0.6 is 11.6 Å². The maximum Gasteiger partial charge on any atom is 0.417 e. The summed E-state index contributed by atoms with van der Waals surface area (Å²) in [6.45, 7) is 2.31. The number of carbonyl (C=O) groups is 2. The standard InChI is InChI=1S/C25H26ClF3N6O4/c1-14-4-5-15(39-16-6-7-32-21(11-16)23(36)31-3)10-19(14)34-35-24(37)33-20-12-17(25(27,28)29)18(26)13-22(20)38-9-8-30-2/h4-7,10-13,30,34H,8-9H2,1-3H3,(H,31,36)(H2,33,35,37). The molecule has 0 unspecified atom stereocenters. The lowest BCUT2D eigenvalue weighted by Gasteiger charge is -2.18. The number of anilines is 2. The monoisotopic (exact) mass is 566 g/mol. The highest BCUT2D eigenvalue weighted by molar-refractivity contribution is 6.31. The van der Waals surface area contributed by atoms with E-state index in [1.807, 2.05) is 0 Å². The van der Waals surface area contributed by atoms with E-state index >= 15 is 0 Å². The van der Waals surface area contributed by atoms with Crippen LogP contribution in [0.15, 0.2) is 48.7 Å². The SMILES string of the molecule is CNCCOc1cc(Cl)c(C(F)(F)F)cc1NC(=O)NNc1cc(Oc2ccnc(C(=O)NC)c2)ccc1C. The van der Waals surface area contributed by atoms with Gasteiger partial charge in [-0.1, -0.05) is 17.7 Å². The third-order valence-corrected chi connectivity index (χ3v) is 5.49. The second kappa shape index (κ2) is 13.0. The van der Waals surface area contributed by atoms with Gasteiger partial charge in [0.2, 0.25) is 0 Å². The highest BCUT2D eigenvalue weighted by Crippen LogP contribution is 2.40. The third-order valence-electron chi connectivity index (χ3n) is 5.18. The first-order chi connectivity index (χ1) is 18.5. The van der Waals surface area contributed by atoms with Crippen molar-refractivity contribution in [3.05, 3.63) is 70.5 Å². The van der Waals surface area contributed by atoms with E-state index in [1.54, 1.807) is 38.2 Å². The summed E-state index contributed by atoms with van der Waals surface area (Å²) in [6.07, 6.45) is -3.31. The number of ether oxygens (including phenoxy) is 2. The van der Waals surface area contributed by atoms with Crippen molar-refractivity contribution < 1.29 is 32.2 Å². The highest BCUT2D eigenvalue weighted by Gasteiger charge is 2.34. The van der Waals surface area contributed by atoms with Crippen molar-refractivity contribution in [1.82, 2.24) is 21.0 Å². The second-order valence-electron chi connectivity index (χ2n) is 8.02. The van der Waals surface area contributed by atoms with Crippen LogP contribution in [0.3, 0.4) is 0 Å². The minimum Gasteiger partial charge on any atom is -0.490 e. The Balaban J connectivity index is 1.73. The zero-order valence-corrected chi connectivity index (χ0v) is 21.9. The van der Waals surface area contributed by atoms with Crippen LogP contribution in [0.25, 0.3) is 0 Å². The number of nitrogens with zero attached hydrogens (tertiary/aromatic N) is 1. The van der Waals surface area contributed by atoms with Gasteiger partial charge < -0.3 is 25.4 Å². The zero-order valence-electron chi connectivity index (χ0n) is 21.1. The van der Waals surface area contributed by atoms with Gasteiger partial charge in [-0.2, -0.15) is 13.2 Å². The Morgan fingerprint density at radius 3 is 2.46 bits per heavy atom. The summed E-state index contributed by atoms with van der Waals surface area (Å²) in [7, 11) is 3.17. The summed E-state index contributed by atoms with van der Waals surface area (Å²) >= 11 is 5.81. The number of hydrazine groups is 1. The lowest BCUT2D eigenvalue weighted by Crippen LogP contribution is -2.34. The molecule has 0 bridgehead atoms. The van der Waals surface area contributed by atoms with Gasteiger partial charge in [-0.3, -0.25) is 20.6 Å². The molecule has 0 atom stereocenters. The van der Waals surface area contributed by atoms with Crippen molar-refractivity contribution in [2.24, 2.45) is 0 Å². The number of halogens is 4. The van der Waals surface area contributed by atoms with E-state index in [9.17, 15) is 22.8 Å². The normalized spacial score (nSPS) is 10.9. The first-order valence-corrected chi connectivity index (χ1v) is 11.9. The molecule has 0 aliphatic heterocycles. The summed E-state index contributed by atoms with van der Waals surface area (Å²) in [5, 5.41) is 7.11. The van der Waals surface area contributed by atoms with Crippen LogP contribution in [0.2, 0.25) is 5.02 Å². The van der Waals surface area contributed by atoms with Crippen molar-refractivity contribution >= 4 is 34.9 Å². The van der Waals surface area contributed by atoms with Crippen LogP contribution in [0.4, 0.5) is 29.3 Å². The smallest absolute Gasteiger partial charge is 0.417 e. The number of alkyl halides is 3. The van der Waals surface area contributed by atoms with Gasteiger partial charge in [-0.05, 0) is 37.7 Å². The first-order valence-electron chi connectivity index (χ1n) is 11.5. The number of pyridine rings is 1. The van der Waals surface area contributed by atoms with Gasteiger partial charge in [-0.25, -0.2) is 4.79 Å². The molecule has 10 nitrogen and oxygen atoms in total. The van der Waals surface area contributed by atoms with Gasteiger partial charge in [0.15, 0.2) is 0 Å². The largest absolute Gasteiger partial charge is 0.490 e. The van der Waals surface area contributed by atoms with Gasteiger partial charge in [0.25, 0.3) is 5.91 Å². The molecule has 3 aromatic rings. The van der Waals surface area contributed by atoms with Crippen LogP contribution in [-0.2, 0) is 6.18 Å². The van der Waals surface area contributed by atoms with E-state index in [4.69, 9.17) is 21.1 Å². The van der Waals surface area contributed by atoms with Gasteiger partial charge in [0.1, 0.15) is 29.5 Å². The Bertz CT molecular complexity index is 1340. The fourth-order valence-corrected chi connectivity index (χ4v) is 3.45. The summed E-state index contributed by atoms with van der Waals surface area (Å²) in [6, 6.07) is 8.88. The first kappa shape index (κ1) is 29.3. The van der Waals surface area contributed by atoms with E-state index in [0.717, 1.165) is 11.6 Å². The number of likely N-dealkylation sites (N-methyl/N-ethyl adjacent to an activating group) is 1. The fourth-order valence-electron chi connectivity index (χ4n) is 3.19.